The average Bonchev–Trinajstić information content (AvgIpc) is 3.10. The highest BCUT2D eigenvalue weighted by Gasteiger charge is 2.25. The molecular formula is C11H25N5. The van der Waals surface area contributed by atoms with Crippen LogP contribution in [0, 0.1) is 0 Å². The van der Waals surface area contributed by atoms with Crippen molar-refractivity contribution in [2.24, 2.45) is 10.8 Å². The number of nitrogens with one attached hydrogen (secondary N) is 2. The van der Waals surface area contributed by atoms with Crippen LogP contribution in [0.1, 0.15) is 32.6 Å². The number of rotatable bonds is 7. The van der Waals surface area contributed by atoms with Crippen LogP contribution >= 0.6 is 0 Å². The minimum atomic E-state index is 0.706. The number of unbranched alkanes of at least 4 members (excludes halogenated alkanes) is 1. The Bertz CT molecular complexity index is 212. The molecule has 1 rings (SSSR count). The van der Waals surface area contributed by atoms with Crippen molar-refractivity contribution in [1.29, 1.82) is 0 Å². The van der Waals surface area contributed by atoms with Gasteiger partial charge in [0.2, 0.25) is 5.96 Å². The van der Waals surface area contributed by atoms with E-state index in [1.54, 1.807) is 0 Å². The van der Waals surface area contributed by atoms with Gasteiger partial charge in [-0.3, -0.25) is 10.4 Å². The summed E-state index contributed by atoms with van der Waals surface area (Å²) in [6.07, 6.45) is 4.97. The molecule has 0 aromatic rings. The average molecular weight is 227 g/mol. The number of hydrogen-bond acceptors (Lipinski definition) is 3. The number of nitrogens with two attached hydrogens (primary N) is 1. The van der Waals surface area contributed by atoms with Crippen LogP contribution in [-0.4, -0.2) is 43.6 Å². The lowest BCUT2D eigenvalue weighted by atomic mass is 10.3. The van der Waals surface area contributed by atoms with Gasteiger partial charge < -0.3 is 10.2 Å². The number of likely N-dealkylation sites (N-methyl/N-ethyl adjacent to an activating group) is 1. The van der Waals surface area contributed by atoms with Crippen LogP contribution in [0.2, 0.25) is 0 Å². The van der Waals surface area contributed by atoms with Gasteiger partial charge >= 0.3 is 0 Å². The molecule has 4 N–H and O–H groups in total. The predicted molar refractivity (Wildman–Crippen MR) is 68.2 cm³/mol. The zero-order valence-corrected chi connectivity index (χ0v) is 10.5. The van der Waals surface area contributed by atoms with E-state index < -0.39 is 0 Å². The summed E-state index contributed by atoms with van der Waals surface area (Å²) in [5.41, 5.74) is 2.60. The van der Waals surface area contributed by atoms with Crippen LogP contribution in [0.4, 0.5) is 0 Å². The fourth-order valence-electron chi connectivity index (χ4n) is 1.55. The summed E-state index contributed by atoms with van der Waals surface area (Å²) < 4.78 is 0. The highest BCUT2D eigenvalue weighted by Crippen LogP contribution is 2.24. The van der Waals surface area contributed by atoms with Gasteiger partial charge in [-0.1, -0.05) is 13.3 Å². The van der Waals surface area contributed by atoms with Gasteiger partial charge in [-0.25, -0.2) is 5.84 Å². The Kier molecular flexibility index (Phi) is 6.18. The van der Waals surface area contributed by atoms with Crippen molar-refractivity contribution in [2.75, 3.05) is 26.7 Å². The smallest absolute Gasteiger partial charge is 0.205 e. The van der Waals surface area contributed by atoms with Crippen molar-refractivity contribution in [3.63, 3.8) is 0 Å². The molecule has 0 spiro atoms. The van der Waals surface area contributed by atoms with Crippen LogP contribution in [0.3, 0.4) is 0 Å². The second kappa shape index (κ2) is 7.46. The maximum atomic E-state index is 5.39. The molecule has 0 amide bonds. The van der Waals surface area contributed by atoms with Gasteiger partial charge in [-0.05, 0) is 26.3 Å². The Morgan fingerprint density at radius 2 is 2.25 bits per heavy atom. The first kappa shape index (κ1) is 13.3. The van der Waals surface area contributed by atoms with E-state index in [9.17, 15) is 0 Å². The first-order valence-corrected chi connectivity index (χ1v) is 6.23. The lowest BCUT2D eigenvalue weighted by Crippen LogP contribution is -2.44. The standard InChI is InChI=1S/C11H25N5/c1-3-4-7-13-11(15-12)14-8-9-16(2)10-5-6-10/h10H,3-9,12H2,1-2H3,(H2,13,14,15). The molecular weight excluding hydrogens is 202 g/mol. The number of aliphatic imine (C=N–C) groups is 1. The van der Waals surface area contributed by atoms with Crippen molar-refractivity contribution in [3.8, 4) is 0 Å². The summed E-state index contributed by atoms with van der Waals surface area (Å²) in [5, 5.41) is 3.21. The second-order valence-corrected chi connectivity index (χ2v) is 4.37. The third kappa shape index (κ3) is 5.32. The summed E-state index contributed by atoms with van der Waals surface area (Å²) in [4.78, 5) is 6.72. The van der Waals surface area contributed by atoms with E-state index in [0.29, 0.717) is 5.96 Å². The molecule has 0 unspecified atom stereocenters. The van der Waals surface area contributed by atoms with Crippen molar-refractivity contribution in [1.82, 2.24) is 15.6 Å². The highest BCUT2D eigenvalue weighted by atomic mass is 15.3. The molecule has 5 nitrogen and oxygen atoms in total. The summed E-state index contributed by atoms with van der Waals surface area (Å²) in [7, 11) is 2.17. The monoisotopic (exact) mass is 227 g/mol. The lowest BCUT2D eigenvalue weighted by Gasteiger charge is -2.16. The van der Waals surface area contributed by atoms with E-state index in [-0.39, 0.29) is 0 Å². The summed E-state index contributed by atoms with van der Waals surface area (Å²) in [6, 6.07) is 0.813. The molecule has 16 heavy (non-hydrogen) atoms. The van der Waals surface area contributed by atoms with E-state index in [2.05, 4.69) is 34.6 Å². The largest absolute Gasteiger partial charge is 0.354 e. The van der Waals surface area contributed by atoms with Crippen molar-refractivity contribution >= 4 is 5.96 Å². The van der Waals surface area contributed by atoms with Crippen LogP contribution in [-0.2, 0) is 0 Å². The van der Waals surface area contributed by atoms with Gasteiger partial charge in [0.05, 0.1) is 0 Å². The number of hydrogen-bond donors (Lipinski definition) is 3. The molecule has 94 valence electrons. The Hall–Kier alpha value is -0.810. The maximum absolute atomic E-state index is 5.39. The SMILES string of the molecule is CCCCN=C(NN)NCCN(C)C1CC1. The normalized spacial score (nSPS) is 16.6. The van der Waals surface area contributed by atoms with Crippen LogP contribution < -0.4 is 16.6 Å². The first-order chi connectivity index (χ1) is 7.77. The Balaban J connectivity index is 2.09. The van der Waals surface area contributed by atoms with Gasteiger partial charge in [-0.2, -0.15) is 0 Å². The minimum Gasteiger partial charge on any atom is -0.354 e. The van der Waals surface area contributed by atoms with E-state index in [0.717, 1.165) is 38.5 Å². The molecule has 0 aromatic carbocycles. The molecule has 0 radical (unpaired) electrons. The molecule has 0 saturated heterocycles. The molecule has 1 fully saturated rings. The molecule has 0 bridgehead atoms. The van der Waals surface area contributed by atoms with E-state index >= 15 is 0 Å². The third-order valence-corrected chi connectivity index (χ3v) is 2.85. The van der Waals surface area contributed by atoms with E-state index in [1.165, 1.54) is 12.8 Å². The topological polar surface area (TPSA) is 65.7 Å². The number of hydrazine groups is 1. The highest BCUT2D eigenvalue weighted by molar-refractivity contribution is 5.79. The predicted octanol–water partition coefficient (Wildman–Crippen LogP) is 0.290. The number of guanidine groups is 1. The van der Waals surface area contributed by atoms with Crippen molar-refractivity contribution < 1.29 is 0 Å². The second-order valence-electron chi connectivity index (χ2n) is 4.37. The Morgan fingerprint density at radius 3 is 2.81 bits per heavy atom. The van der Waals surface area contributed by atoms with Gasteiger partial charge in [0.1, 0.15) is 0 Å². The van der Waals surface area contributed by atoms with Crippen molar-refractivity contribution in [2.45, 2.75) is 38.6 Å². The van der Waals surface area contributed by atoms with Crippen LogP contribution in [0.5, 0.6) is 0 Å². The number of nitrogens with zero attached hydrogens (tertiary/aromatic N) is 2. The summed E-state index contributed by atoms with van der Waals surface area (Å²) in [5.74, 6) is 6.09. The fraction of sp³-hybridized carbons (Fsp3) is 0.909. The zero-order valence-electron chi connectivity index (χ0n) is 10.5. The Labute approximate surface area is 98.4 Å². The molecule has 0 heterocycles. The van der Waals surface area contributed by atoms with Gasteiger partial charge in [0, 0.05) is 25.7 Å². The molecule has 0 aliphatic heterocycles. The zero-order chi connectivity index (χ0) is 11.8. The lowest BCUT2D eigenvalue weighted by molar-refractivity contribution is 0.328. The van der Waals surface area contributed by atoms with Gasteiger partial charge in [0.25, 0.3) is 0 Å². The van der Waals surface area contributed by atoms with Gasteiger partial charge in [-0.15, -0.1) is 0 Å². The summed E-state index contributed by atoms with van der Waals surface area (Å²) >= 11 is 0. The minimum absolute atomic E-state index is 0.706. The first-order valence-electron chi connectivity index (χ1n) is 6.23. The quantitative estimate of drug-likeness (QED) is 0.192. The molecule has 1 aliphatic carbocycles. The fourth-order valence-corrected chi connectivity index (χ4v) is 1.55. The van der Waals surface area contributed by atoms with E-state index in [4.69, 9.17) is 5.84 Å². The van der Waals surface area contributed by atoms with Crippen LogP contribution in [0.15, 0.2) is 4.99 Å². The third-order valence-electron chi connectivity index (χ3n) is 2.85. The molecule has 0 atom stereocenters. The molecule has 0 aromatic heterocycles. The summed E-state index contributed by atoms with van der Waals surface area (Å²) in [6.45, 7) is 4.92. The van der Waals surface area contributed by atoms with Crippen LogP contribution in [0.25, 0.3) is 0 Å². The Morgan fingerprint density at radius 1 is 1.50 bits per heavy atom. The maximum Gasteiger partial charge on any atom is 0.205 e. The molecule has 5 heteroatoms. The van der Waals surface area contributed by atoms with Crippen molar-refractivity contribution in [3.05, 3.63) is 0 Å². The molecule has 1 saturated carbocycles. The van der Waals surface area contributed by atoms with Gasteiger partial charge in [0.15, 0.2) is 0 Å². The van der Waals surface area contributed by atoms with E-state index in [1.807, 2.05) is 0 Å². The molecule has 1 aliphatic rings.